The van der Waals surface area contributed by atoms with Gasteiger partial charge in [-0.3, -0.25) is 0 Å². The van der Waals surface area contributed by atoms with Crippen molar-refractivity contribution in [1.29, 1.82) is 0 Å². The Morgan fingerprint density at radius 2 is 0.448 bits per heavy atom. The highest BCUT2D eigenvalue weighted by atomic mass is 14.8. The summed E-state index contributed by atoms with van der Waals surface area (Å²) >= 11 is 0. The summed E-state index contributed by atoms with van der Waals surface area (Å²) in [6, 6.07) is 162. The standard InChI is InChI=1S/C48H28.C42H32N2.C42H24/c1-3-13-29(14-4-1)43-38-19-9-10-20-39(38)44(30-15-5-2-6-16-30)48-42-28-26-34(37-23-12-24-41(46(37)42)47(43)48)33-25-27-40-32-18-8-7-17-31(32)35-21-11-22-36(33)45(35)40;1-41(2)33-11-7-5-9-29(33)31-19-15-27(23-35(31)41)37-21-17-25-13-14-26-18-22-38(44-40(26)39(25)43-37)28-16-20-32-30-10-6-8-12-34(30)42(3,4)36(32)24-28;1-3-25-7-9-29-15-19-35(37-21-17-27(5-1)39(25)41(29)37)33-13-11-32-24-34(14-12-31(32)23-33)36-20-16-30-10-8-26-4-2-6-28-18-22-38(36)42(30)40(26)28/h1-28H;5-24H,1-4H3;1-24H. The number of rotatable bonds is 7. The minimum absolute atomic E-state index is 0.0479. The third-order valence-corrected chi connectivity index (χ3v) is 30.6. The molecule has 0 radical (unpaired) electrons. The van der Waals surface area contributed by atoms with Crippen LogP contribution in [0.3, 0.4) is 0 Å². The summed E-state index contributed by atoms with van der Waals surface area (Å²) in [6.45, 7) is 9.31. The summed E-state index contributed by atoms with van der Waals surface area (Å²) in [5, 5.41) is 28.6. The third kappa shape index (κ3) is 11.2. The lowest BCUT2D eigenvalue weighted by Gasteiger charge is -2.22. The zero-order valence-electron chi connectivity index (χ0n) is 74.5. The zero-order chi connectivity index (χ0) is 88.5. The first kappa shape index (κ1) is 76.1. The molecule has 26 aromatic rings. The Bertz CT molecular complexity index is 9050. The van der Waals surface area contributed by atoms with Crippen LogP contribution in [0.15, 0.2) is 437 Å². The van der Waals surface area contributed by atoms with Gasteiger partial charge in [-0.05, 0) is 289 Å². The van der Waals surface area contributed by atoms with E-state index < -0.39 is 0 Å². The molecule has 0 N–H and O–H groups in total. The zero-order valence-corrected chi connectivity index (χ0v) is 74.5. The second-order valence-corrected chi connectivity index (χ2v) is 38.3. The molecule has 0 aliphatic heterocycles. The quantitative estimate of drug-likeness (QED) is 0.149. The van der Waals surface area contributed by atoms with Crippen LogP contribution >= 0.6 is 0 Å². The minimum atomic E-state index is -0.0479. The fourth-order valence-corrected chi connectivity index (χ4v) is 24.3. The molecule has 2 aromatic heterocycles. The highest BCUT2D eigenvalue weighted by molar-refractivity contribution is 6.32. The van der Waals surface area contributed by atoms with E-state index in [1.807, 2.05) is 0 Å². The van der Waals surface area contributed by atoms with Gasteiger partial charge in [0.25, 0.3) is 0 Å². The molecule has 134 heavy (non-hydrogen) atoms. The molecule has 4 aliphatic rings. The SMILES string of the molecule is CC1(C)c2ccccc2-c2ccc(-c3ccc4ccc5ccc(-c6ccc7c(c6)C(C)(C)c6ccccc6-7)nc5c4n3)cc21.c1cc2ccc3ccc(-c4ccc5cc(-c6ccc7ccc8cccc9ccc6c7c89)ccc5c4)c4ccc(c1)c2c34.c1ccc(-c2c3c(c(-c4ccccc4)c4ccccc24)-c2ccc(-c4ccc5c6c(cccc46)-c4ccccc4-5)c4cccc-3c24)cc1. The van der Waals surface area contributed by atoms with Crippen molar-refractivity contribution in [2.75, 3.05) is 0 Å². The maximum atomic E-state index is 5.28. The van der Waals surface area contributed by atoms with E-state index in [1.54, 1.807) is 0 Å². The predicted octanol–water partition coefficient (Wildman–Crippen LogP) is 36.1. The smallest absolute Gasteiger partial charge is 0.0972 e. The Morgan fingerprint density at radius 1 is 0.149 bits per heavy atom. The topological polar surface area (TPSA) is 25.8 Å². The van der Waals surface area contributed by atoms with Crippen molar-refractivity contribution in [3.63, 3.8) is 0 Å². The molecule has 622 valence electrons. The van der Waals surface area contributed by atoms with Crippen molar-refractivity contribution < 1.29 is 0 Å². The Kier molecular flexibility index (Phi) is 16.4. The molecule has 0 saturated carbocycles. The Hall–Kier alpha value is -16.8. The number of hydrogen-bond donors (Lipinski definition) is 0. The molecule has 0 unspecified atom stereocenters. The first-order valence-electron chi connectivity index (χ1n) is 47.0. The van der Waals surface area contributed by atoms with Crippen molar-refractivity contribution in [2.24, 2.45) is 0 Å². The molecule has 2 heteroatoms. The Labute approximate surface area is 776 Å². The molecule has 2 heterocycles. The fourth-order valence-electron chi connectivity index (χ4n) is 24.3. The van der Waals surface area contributed by atoms with Crippen molar-refractivity contribution in [3.8, 4) is 145 Å². The molecule has 0 bridgehead atoms. The van der Waals surface area contributed by atoms with E-state index in [9.17, 15) is 0 Å². The minimum Gasteiger partial charge on any atom is -0.245 e. The lowest BCUT2D eigenvalue weighted by molar-refractivity contribution is 0.660. The van der Waals surface area contributed by atoms with Crippen LogP contribution < -0.4 is 0 Å². The van der Waals surface area contributed by atoms with Gasteiger partial charge in [0.1, 0.15) is 0 Å². The van der Waals surface area contributed by atoms with Crippen LogP contribution in [0.25, 0.3) is 274 Å². The maximum Gasteiger partial charge on any atom is 0.0972 e. The molecule has 0 atom stereocenters. The second-order valence-electron chi connectivity index (χ2n) is 38.3. The van der Waals surface area contributed by atoms with Gasteiger partial charge in [-0.1, -0.05) is 428 Å². The number of pyridine rings is 2. The van der Waals surface area contributed by atoms with Crippen molar-refractivity contribution in [2.45, 2.75) is 38.5 Å². The van der Waals surface area contributed by atoms with Crippen LogP contribution in [0, 0.1) is 0 Å². The summed E-state index contributed by atoms with van der Waals surface area (Å²) < 4.78 is 0. The molecule has 2 nitrogen and oxygen atoms in total. The first-order chi connectivity index (χ1) is 66.0. The van der Waals surface area contributed by atoms with Crippen LogP contribution in [0.2, 0.25) is 0 Å². The van der Waals surface area contributed by atoms with Gasteiger partial charge in [-0.15, -0.1) is 0 Å². The van der Waals surface area contributed by atoms with Crippen LogP contribution in [-0.4, -0.2) is 9.97 Å². The van der Waals surface area contributed by atoms with E-state index in [-0.39, 0.29) is 10.8 Å². The Morgan fingerprint density at radius 3 is 0.925 bits per heavy atom. The summed E-state index contributed by atoms with van der Waals surface area (Å²) in [5.41, 5.74) is 40.3. The van der Waals surface area contributed by atoms with Gasteiger partial charge in [0, 0.05) is 32.7 Å². The van der Waals surface area contributed by atoms with Crippen LogP contribution in [0.5, 0.6) is 0 Å². The van der Waals surface area contributed by atoms with Gasteiger partial charge in [0.2, 0.25) is 0 Å². The van der Waals surface area contributed by atoms with Gasteiger partial charge >= 0.3 is 0 Å². The molecule has 0 saturated heterocycles. The molecule has 30 rings (SSSR count). The van der Waals surface area contributed by atoms with Gasteiger partial charge in [0.05, 0.1) is 22.4 Å². The maximum absolute atomic E-state index is 5.28. The lowest BCUT2D eigenvalue weighted by atomic mass is 9.82. The molecule has 0 fully saturated rings. The summed E-state index contributed by atoms with van der Waals surface area (Å²) in [4.78, 5) is 10.6. The van der Waals surface area contributed by atoms with Crippen molar-refractivity contribution >= 4 is 130 Å². The number of hydrogen-bond acceptors (Lipinski definition) is 2. The lowest BCUT2D eigenvalue weighted by Crippen LogP contribution is -2.14. The summed E-state index contributed by atoms with van der Waals surface area (Å²) in [6.07, 6.45) is 0. The molecular weight excluding hydrogens is 1610 g/mol. The highest BCUT2D eigenvalue weighted by Crippen LogP contribution is 2.61. The van der Waals surface area contributed by atoms with Gasteiger partial charge in [-0.2, -0.15) is 0 Å². The van der Waals surface area contributed by atoms with E-state index in [4.69, 9.17) is 9.97 Å². The monoisotopic (exact) mass is 1700 g/mol. The Balaban J connectivity index is 0.000000100. The fraction of sp³-hybridized carbons (Fsp3) is 0.0455. The van der Waals surface area contributed by atoms with Gasteiger partial charge in [0.15, 0.2) is 0 Å². The second kappa shape index (κ2) is 28.9. The largest absolute Gasteiger partial charge is 0.245 e. The number of nitrogens with zero attached hydrogens (tertiary/aromatic N) is 2. The van der Waals surface area contributed by atoms with E-state index in [0.29, 0.717) is 0 Å². The predicted molar refractivity (Wildman–Crippen MR) is 569 cm³/mol. The molecular formula is C132H84N2. The molecule has 0 amide bonds. The normalized spacial score (nSPS) is 13.2. The van der Waals surface area contributed by atoms with Gasteiger partial charge < -0.3 is 0 Å². The average Bonchev–Trinajstić information content (AvgIpc) is 1.53. The van der Waals surface area contributed by atoms with E-state index in [2.05, 4.69) is 464 Å². The third-order valence-electron chi connectivity index (χ3n) is 30.6. The van der Waals surface area contributed by atoms with Crippen molar-refractivity contribution in [3.05, 3.63) is 459 Å². The summed E-state index contributed by atoms with van der Waals surface area (Å²) in [5.74, 6) is 0. The average molecular weight is 1700 g/mol. The molecule has 24 aromatic carbocycles. The van der Waals surface area contributed by atoms with Crippen LogP contribution in [-0.2, 0) is 10.8 Å². The molecule has 4 aliphatic carbocycles. The van der Waals surface area contributed by atoms with Crippen LogP contribution in [0.4, 0.5) is 0 Å². The first-order valence-corrected chi connectivity index (χ1v) is 47.0. The number of fused-ring (bicyclic) bond motifs is 17. The highest BCUT2D eigenvalue weighted by Gasteiger charge is 2.38. The van der Waals surface area contributed by atoms with E-state index in [1.165, 1.54) is 252 Å². The number of benzene rings is 24. The van der Waals surface area contributed by atoms with E-state index in [0.717, 1.165) is 44.3 Å². The molecule has 0 spiro atoms. The van der Waals surface area contributed by atoms with E-state index >= 15 is 0 Å². The van der Waals surface area contributed by atoms with Crippen LogP contribution in [0.1, 0.15) is 49.9 Å². The van der Waals surface area contributed by atoms with Gasteiger partial charge in [-0.25, -0.2) is 9.97 Å². The number of aromatic nitrogens is 2. The summed E-state index contributed by atoms with van der Waals surface area (Å²) in [7, 11) is 0. The van der Waals surface area contributed by atoms with Crippen molar-refractivity contribution in [1.82, 2.24) is 9.97 Å².